The summed E-state index contributed by atoms with van der Waals surface area (Å²) in [5.41, 5.74) is 1.17. The maximum absolute atomic E-state index is 14.2. The predicted molar refractivity (Wildman–Crippen MR) is 179 cm³/mol. The van der Waals surface area contributed by atoms with Crippen molar-refractivity contribution in [1.29, 1.82) is 0 Å². The molecule has 14 heteroatoms. The normalized spacial score (nSPS) is 22.3. The Hall–Kier alpha value is -4.30. The van der Waals surface area contributed by atoms with Crippen LogP contribution in [-0.4, -0.2) is 76.0 Å². The monoisotopic (exact) mass is 776 g/mol. The maximum Gasteiger partial charge on any atom is 0.356 e. The van der Waals surface area contributed by atoms with Crippen molar-refractivity contribution in [2.75, 3.05) is 13.1 Å². The summed E-state index contributed by atoms with van der Waals surface area (Å²) >= 11 is 6.98. The van der Waals surface area contributed by atoms with Crippen molar-refractivity contribution in [3.8, 4) is 11.4 Å². The van der Waals surface area contributed by atoms with Crippen LogP contribution >= 0.6 is 31.9 Å². The summed E-state index contributed by atoms with van der Waals surface area (Å²) in [4.78, 5) is 65.8. The van der Waals surface area contributed by atoms with Crippen molar-refractivity contribution in [3.63, 3.8) is 0 Å². The van der Waals surface area contributed by atoms with Crippen LogP contribution in [0.4, 0.5) is 0 Å². The molecule has 0 saturated carbocycles. The van der Waals surface area contributed by atoms with Crippen molar-refractivity contribution in [1.82, 2.24) is 28.9 Å². The van der Waals surface area contributed by atoms with Gasteiger partial charge in [-0.05, 0) is 74.9 Å². The Labute approximate surface area is 291 Å². The first-order valence-electron chi connectivity index (χ1n) is 15.9. The molecule has 2 N–H and O–H groups in total. The number of aromatic nitrogens is 4. The van der Waals surface area contributed by atoms with Gasteiger partial charge in [-0.2, -0.15) is 0 Å². The first kappa shape index (κ1) is 31.0. The third-order valence-electron chi connectivity index (χ3n) is 10.6. The van der Waals surface area contributed by atoms with E-state index >= 15 is 0 Å². The van der Waals surface area contributed by atoms with Gasteiger partial charge in [0, 0.05) is 22.0 Å². The highest BCUT2D eigenvalue weighted by molar-refractivity contribution is 9.10. The number of benzene rings is 2. The molecule has 0 unspecified atom stereocenters. The number of carboxylic acids is 2. The van der Waals surface area contributed by atoms with Crippen molar-refractivity contribution >= 4 is 55.6 Å². The number of hydrogen-bond donors (Lipinski definition) is 2. The Kier molecular flexibility index (Phi) is 7.18. The summed E-state index contributed by atoms with van der Waals surface area (Å²) in [7, 11) is 0. The minimum atomic E-state index is -1.15. The molecule has 0 bridgehead atoms. The molecule has 48 heavy (non-hydrogen) atoms. The molecular formula is C34H30Br2N6O6. The Morgan fingerprint density at radius 3 is 1.52 bits per heavy atom. The smallest absolute Gasteiger partial charge is 0.356 e. The molecule has 4 aliphatic rings. The SMILES string of the molecule is O=C(O)c1ncn2c1[C@]1(CCCC[C@@]34CCCN3C(=O)c3cc(Br)ccc3-n3cnc(C(=O)O)c34)CCCN1C(=O)c1cc(Br)ccc1-2. The molecule has 2 fully saturated rings. The van der Waals surface area contributed by atoms with E-state index in [0.717, 1.165) is 8.95 Å². The van der Waals surface area contributed by atoms with Crippen molar-refractivity contribution in [2.45, 2.75) is 62.4 Å². The standard InChI is InChI=1S/C34H30Br2N6O6/c35-19-5-7-23-21(15-19)29(43)41-13-3-11-33(41,27-25(31(45)46)37-17-39(23)27)9-1-2-10-34-12-4-14-42(34)30(44)22-16-20(36)6-8-24(22)40-18-38-26(28(34)40)32(47)48/h5-8,15-18H,1-4,9-14H2,(H,45,46)(H,47,48)/t33-,34-/m0/s1. The predicted octanol–water partition coefficient (Wildman–Crippen LogP) is 6.13. The lowest BCUT2D eigenvalue weighted by atomic mass is 9.81. The Morgan fingerprint density at radius 2 is 1.12 bits per heavy atom. The highest BCUT2D eigenvalue weighted by Gasteiger charge is 2.53. The summed E-state index contributed by atoms with van der Waals surface area (Å²) in [6.45, 7) is 0.965. The van der Waals surface area contributed by atoms with Gasteiger partial charge in [0.1, 0.15) is 12.7 Å². The number of amides is 2. The van der Waals surface area contributed by atoms with E-state index in [1.54, 1.807) is 33.4 Å². The van der Waals surface area contributed by atoms with E-state index in [1.807, 2.05) is 21.9 Å². The number of carbonyl (C=O) groups is 4. The van der Waals surface area contributed by atoms with Gasteiger partial charge < -0.3 is 20.0 Å². The van der Waals surface area contributed by atoms with Crippen LogP contribution in [0.2, 0.25) is 0 Å². The van der Waals surface area contributed by atoms with Crippen molar-refractivity contribution in [3.05, 3.63) is 91.9 Å². The van der Waals surface area contributed by atoms with Gasteiger partial charge in [-0.3, -0.25) is 18.7 Å². The number of carbonyl (C=O) groups excluding carboxylic acids is 2. The third kappa shape index (κ3) is 4.30. The molecule has 4 aromatic rings. The molecule has 0 radical (unpaired) electrons. The van der Waals surface area contributed by atoms with Gasteiger partial charge >= 0.3 is 11.9 Å². The summed E-state index contributed by atoms with van der Waals surface area (Å²) in [5.74, 6) is -2.61. The minimum Gasteiger partial charge on any atom is -0.476 e. The number of aromatic carboxylic acids is 2. The van der Waals surface area contributed by atoms with Crippen LogP contribution in [0.15, 0.2) is 58.0 Å². The number of halogens is 2. The summed E-state index contributed by atoms with van der Waals surface area (Å²) in [5, 5.41) is 20.5. The minimum absolute atomic E-state index is 0.0701. The molecule has 6 heterocycles. The number of rotatable bonds is 7. The second-order valence-electron chi connectivity index (χ2n) is 12.9. The fraction of sp³-hybridized carbons (Fsp3) is 0.353. The lowest BCUT2D eigenvalue weighted by molar-refractivity contribution is 0.0502. The Bertz CT molecular complexity index is 1930. The van der Waals surface area contributed by atoms with E-state index in [4.69, 9.17) is 0 Å². The second-order valence-corrected chi connectivity index (χ2v) is 14.8. The average molecular weight is 778 g/mol. The van der Waals surface area contributed by atoms with E-state index in [-0.39, 0.29) is 23.2 Å². The molecule has 2 amide bonds. The largest absolute Gasteiger partial charge is 0.476 e. The molecule has 4 aliphatic heterocycles. The molecule has 0 spiro atoms. The van der Waals surface area contributed by atoms with Gasteiger partial charge in [0.2, 0.25) is 0 Å². The summed E-state index contributed by atoms with van der Waals surface area (Å²) in [6, 6.07) is 10.8. The number of fused-ring (bicyclic) bond motifs is 10. The molecule has 2 aromatic heterocycles. The summed E-state index contributed by atoms with van der Waals surface area (Å²) in [6.07, 6.45) is 7.70. The molecule has 2 saturated heterocycles. The van der Waals surface area contributed by atoms with Gasteiger partial charge in [-0.15, -0.1) is 0 Å². The molecule has 8 rings (SSSR count). The zero-order valence-corrected chi connectivity index (χ0v) is 28.8. The molecule has 12 nitrogen and oxygen atoms in total. The fourth-order valence-electron chi connectivity index (χ4n) is 8.77. The van der Waals surface area contributed by atoms with E-state index in [0.29, 0.717) is 98.3 Å². The van der Waals surface area contributed by atoms with E-state index < -0.39 is 23.0 Å². The maximum atomic E-state index is 14.2. The average Bonchev–Trinajstić information content (AvgIpc) is 3.85. The fourth-order valence-corrected chi connectivity index (χ4v) is 9.49. The van der Waals surface area contributed by atoms with Gasteiger partial charge in [-0.25, -0.2) is 19.6 Å². The first-order chi connectivity index (χ1) is 23.1. The highest BCUT2D eigenvalue weighted by Crippen LogP contribution is 2.51. The van der Waals surface area contributed by atoms with Crippen LogP contribution in [0.5, 0.6) is 0 Å². The quantitative estimate of drug-likeness (QED) is 0.213. The number of imidazole rings is 2. The van der Waals surface area contributed by atoms with Crippen LogP contribution in [0.25, 0.3) is 11.4 Å². The lowest BCUT2D eigenvalue weighted by Crippen LogP contribution is -2.46. The van der Waals surface area contributed by atoms with Crippen LogP contribution in [0, 0.1) is 0 Å². The Morgan fingerprint density at radius 1 is 0.708 bits per heavy atom. The van der Waals surface area contributed by atoms with Crippen LogP contribution < -0.4 is 0 Å². The Balaban J connectivity index is 1.17. The molecule has 0 aliphatic carbocycles. The van der Waals surface area contributed by atoms with E-state index in [9.17, 15) is 29.4 Å². The number of nitrogens with zero attached hydrogens (tertiary/aromatic N) is 6. The molecular weight excluding hydrogens is 748 g/mol. The van der Waals surface area contributed by atoms with Gasteiger partial charge in [0.15, 0.2) is 11.4 Å². The van der Waals surface area contributed by atoms with Crippen LogP contribution in [0.1, 0.15) is 104 Å². The van der Waals surface area contributed by atoms with Crippen LogP contribution in [0.3, 0.4) is 0 Å². The third-order valence-corrected chi connectivity index (χ3v) is 11.6. The number of unbranched alkanes of at least 4 members (excludes halogenated alkanes) is 1. The van der Waals surface area contributed by atoms with E-state index in [1.165, 1.54) is 12.7 Å². The number of hydrogen-bond acceptors (Lipinski definition) is 6. The van der Waals surface area contributed by atoms with Crippen molar-refractivity contribution < 1.29 is 29.4 Å². The zero-order chi connectivity index (χ0) is 33.5. The number of carboxylic acid groups (broad SMARTS) is 2. The van der Waals surface area contributed by atoms with Crippen molar-refractivity contribution in [2.24, 2.45) is 0 Å². The first-order valence-corrected chi connectivity index (χ1v) is 17.5. The second kappa shape index (κ2) is 11.1. The zero-order valence-electron chi connectivity index (χ0n) is 25.7. The summed E-state index contributed by atoms with van der Waals surface area (Å²) < 4.78 is 5.02. The highest BCUT2D eigenvalue weighted by atomic mass is 79.9. The molecule has 2 atom stereocenters. The lowest BCUT2D eigenvalue weighted by Gasteiger charge is -2.40. The van der Waals surface area contributed by atoms with Crippen LogP contribution in [-0.2, 0) is 11.1 Å². The molecule has 246 valence electrons. The van der Waals surface area contributed by atoms with Gasteiger partial charge in [0.05, 0.1) is 45.0 Å². The van der Waals surface area contributed by atoms with Gasteiger partial charge in [0.25, 0.3) is 11.8 Å². The van der Waals surface area contributed by atoms with Gasteiger partial charge in [-0.1, -0.05) is 44.7 Å². The molecule has 2 aromatic carbocycles. The topological polar surface area (TPSA) is 151 Å². The van der Waals surface area contributed by atoms with E-state index in [2.05, 4.69) is 41.8 Å².